The highest BCUT2D eigenvalue weighted by Gasteiger charge is 2.27. The second-order valence-electron chi connectivity index (χ2n) is 6.60. The molecule has 4 rings (SSSR count). The fraction of sp³-hybridized carbons (Fsp3) is 0.250. The molecule has 1 N–H and O–H groups in total. The first-order chi connectivity index (χ1) is 13.1. The van der Waals surface area contributed by atoms with Crippen molar-refractivity contribution in [3.8, 4) is 0 Å². The van der Waals surface area contributed by atoms with Crippen LogP contribution in [0.3, 0.4) is 0 Å². The molecule has 3 amide bonds. The summed E-state index contributed by atoms with van der Waals surface area (Å²) in [5, 5.41) is 3.80. The largest absolute Gasteiger partial charge is 0.334 e. The van der Waals surface area contributed by atoms with Gasteiger partial charge in [0.05, 0.1) is 4.70 Å². The van der Waals surface area contributed by atoms with Gasteiger partial charge in [0.1, 0.15) is 5.69 Å². The van der Waals surface area contributed by atoms with Gasteiger partial charge in [-0.05, 0) is 36.7 Å². The number of anilines is 1. The van der Waals surface area contributed by atoms with Gasteiger partial charge in [0.2, 0.25) is 0 Å². The molecule has 0 spiro atoms. The minimum absolute atomic E-state index is 0.0638. The van der Waals surface area contributed by atoms with Crippen molar-refractivity contribution in [2.75, 3.05) is 31.5 Å². The number of aromatic nitrogens is 1. The molecule has 7 heteroatoms. The van der Waals surface area contributed by atoms with E-state index < -0.39 is 0 Å². The summed E-state index contributed by atoms with van der Waals surface area (Å²) in [6.45, 7) is 4.03. The highest BCUT2D eigenvalue weighted by molar-refractivity contribution is 7.13. The highest BCUT2D eigenvalue weighted by atomic mass is 32.1. The molecule has 3 aromatic rings. The first kappa shape index (κ1) is 17.5. The van der Waals surface area contributed by atoms with E-state index in [1.165, 1.54) is 11.5 Å². The first-order valence-corrected chi connectivity index (χ1v) is 9.65. The quantitative estimate of drug-likeness (QED) is 0.739. The number of nitrogens with one attached hydrogen (secondary N) is 1. The lowest BCUT2D eigenvalue weighted by atomic mass is 10.2. The molecule has 1 aliphatic heterocycles. The predicted octanol–water partition coefficient (Wildman–Crippen LogP) is 3.59. The van der Waals surface area contributed by atoms with E-state index in [-0.39, 0.29) is 11.9 Å². The van der Waals surface area contributed by atoms with Crippen molar-refractivity contribution >= 4 is 39.2 Å². The second-order valence-corrected chi connectivity index (χ2v) is 7.41. The van der Waals surface area contributed by atoms with Gasteiger partial charge in [-0.1, -0.05) is 35.9 Å². The van der Waals surface area contributed by atoms with Gasteiger partial charge in [-0.25, -0.2) is 4.79 Å². The number of hydrogen-bond donors (Lipinski definition) is 1. The number of aryl methyl sites for hydroxylation is 1. The lowest BCUT2D eigenvalue weighted by Crippen LogP contribution is -2.51. The number of carbonyl (C=O) groups excluding carboxylic acids is 2. The van der Waals surface area contributed by atoms with Gasteiger partial charge in [0.15, 0.2) is 0 Å². The predicted molar refractivity (Wildman–Crippen MR) is 107 cm³/mol. The lowest BCUT2D eigenvalue weighted by molar-refractivity contribution is 0.0669. The number of carbonyl (C=O) groups is 2. The van der Waals surface area contributed by atoms with Crippen LogP contribution in [0.4, 0.5) is 10.5 Å². The molecule has 0 saturated carbocycles. The molecule has 1 saturated heterocycles. The van der Waals surface area contributed by atoms with Crippen LogP contribution in [0.2, 0.25) is 0 Å². The van der Waals surface area contributed by atoms with Crippen LogP contribution in [0.1, 0.15) is 16.1 Å². The smallest absolute Gasteiger partial charge is 0.321 e. The van der Waals surface area contributed by atoms with Crippen LogP contribution in [0.5, 0.6) is 0 Å². The van der Waals surface area contributed by atoms with E-state index >= 15 is 0 Å². The SMILES string of the molecule is Cc1ccc(NC(=O)N2CCN(C(=O)c3nsc4ccccc34)CC2)cc1. The Morgan fingerprint density at radius 1 is 0.963 bits per heavy atom. The van der Waals surface area contributed by atoms with Crippen LogP contribution in [-0.4, -0.2) is 52.3 Å². The third-order valence-electron chi connectivity index (χ3n) is 4.74. The van der Waals surface area contributed by atoms with Gasteiger partial charge in [0, 0.05) is 37.3 Å². The van der Waals surface area contributed by atoms with E-state index in [1.807, 2.05) is 55.5 Å². The number of nitrogens with zero attached hydrogens (tertiary/aromatic N) is 3. The second kappa shape index (κ2) is 7.36. The van der Waals surface area contributed by atoms with Gasteiger partial charge in [-0.3, -0.25) is 4.79 Å². The molecule has 27 heavy (non-hydrogen) atoms. The normalized spacial score (nSPS) is 14.4. The van der Waals surface area contributed by atoms with Gasteiger partial charge < -0.3 is 15.1 Å². The summed E-state index contributed by atoms with van der Waals surface area (Å²) < 4.78 is 5.36. The maximum absolute atomic E-state index is 12.8. The molecule has 1 aromatic heterocycles. The van der Waals surface area contributed by atoms with E-state index in [9.17, 15) is 9.59 Å². The van der Waals surface area contributed by atoms with Gasteiger partial charge in [0.25, 0.3) is 5.91 Å². The molecule has 0 atom stereocenters. The minimum Gasteiger partial charge on any atom is -0.334 e. The number of piperazine rings is 1. The van der Waals surface area contributed by atoms with Gasteiger partial charge >= 0.3 is 6.03 Å². The number of amides is 3. The Morgan fingerprint density at radius 2 is 1.63 bits per heavy atom. The lowest BCUT2D eigenvalue weighted by Gasteiger charge is -2.34. The van der Waals surface area contributed by atoms with E-state index in [4.69, 9.17) is 0 Å². The van der Waals surface area contributed by atoms with E-state index in [0.717, 1.165) is 21.3 Å². The molecule has 138 valence electrons. The summed E-state index contributed by atoms with van der Waals surface area (Å²) in [4.78, 5) is 28.8. The van der Waals surface area contributed by atoms with Crippen LogP contribution in [0, 0.1) is 6.92 Å². The number of fused-ring (bicyclic) bond motifs is 1. The van der Waals surface area contributed by atoms with Crippen molar-refractivity contribution in [2.24, 2.45) is 0 Å². The Bertz CT molecular complexity index is 975. The van der Waals surface area contributed by atoms with Crippen molar-refractivity contribution in [3.05, 3.63) is 59.8 Å². The van der Waals surface area contributed by atoms with Crippen molar-refractivity contribution < 1.29 is 9.59 Å². The standard InChI is InChI=1S/C20H20N4O2S/c1-14-6-8-15(9-7-14)21-20(26)24-12-10-23(11-13-24)19(25)18-16-4-2-3-5-17(16)27-22-18/h2-9H,10-13H2,1H3,(H,21,26). The Morgan fingerprint density at radius 3 is 2.37 bits per heavy atom. The average Bonchev–Trinajstić information content (AvgIpc) is 3.13. The van der Waals surface area contributed by atoms with Crippen LogP contribution < -0.4 is 5.32 Å². The van der Waals surface area contributed by atoms with Crippen molar-refractivity contribution in [3.63, 3.8) is 0 Å². The molecular formula is C20H20N4O2S. The molecule has 1 fully saturated rings. The fourth-order valence-electron chi connectivity index (χ4n) is 3.14. The third kappa shape index (κ3) is 3.64. The Hall–Kier alpha value is -2.93. The van der Waals surface area contributed by atoms with Crippen molar-refractivity contribution in [2.45, 2.75) is 6.92 Å². The molecule has 0 unspecified atom stereocenters. The zero-order valence-corrected chi connectivity index (χ0v) is 15.8. The molecule has 6 nitrogen and oxygen atoms in total. The molecular weight excluding hydrogens is 360 g/mol. The Kier molecular flexibility index (Phi) is 4.77. The van der Waals surface area contributed by atoms with E-state index in [0.29, 0.717) is 31.9 Å². The topological polar surface area (TPSA) is 65.5 Å². The summed E-state index contributed by atoms with van der Waals surface area (Å²) in [6, 6.07) is 15.3. The maximum atomic E-state index is 12.8. The highest BCUT2D eigenvalue weighted by Crippen LogP contribution is 2.23. The molecule has 1 aliphatic rings. The minimum atomic E-state index is -0.134. The number of rotatable bonds is 2. The molecule has 0 bridgehead atoms. The van der Waals surface area contributed by atoms with Crippen LogP contribution in [0.15, 0.2) is 48.5 Å². The number of hydrogen-bond acceptors (Lipinski definition) is 4. The van der Waals surface area contributed by atoms with Gasteiger partial charge in [-0.2, -0.15) is 4.37 Å². The van der Waals surface area contributed by atoms with Crippen LogP contribution >= 0.6 is 11.5 Å². The monoisotopic (exact) mass is 380 g/mol. The molecule has 2 heterocycles. The van der Waals surface area contributed by atoms with Crippen LogP contribution in [0.25, 0.3) is 10.1 Å². The number of urea groups is 1. The van der Waals surface area contributed by atoms with Crippen molar-refractivity contribution in [1.82, 2.24) is 14.2 Å². The third-order valence-corrected chi connectivity index (χ3v) is 5.56. The molecule has 0 radical (unpaired) electrons. The van der Waals surface area contributed by atoms with Crippen molar-refractivity contribution in [1.29, 1.82) is 0 Å². The van der Waals surface area contributed by atoms with E-state index in [2.05, 4.69) is 9.69 Å². The summed E-state index contributed by atoms with van der Waals surface area (Å²) in [5.41, 5.74) is 2.43. The summed E-state index contributed by atoms with van der Waals surface area (Å²) in [5.74, 6) is -0.0638. The maximum Gasteiger partial charge on any atom is 0.321 e. The first-order valence-electron chi connectivity index (χ1n) is 8.88. The summed E-state index contributed by atoms with van der Waals surface area (Å²) in [6.07, 6.45) is 0. The fourth-order valence-corrected chi connectivity index (χ4v) is 3.91. The Balaban J connectivity index is 1.37. The zero-order chi connectivity index (χ0) is 18.8. The summed E-state index contributed by atoms with van der Waals surface area (Å²) in [7, 11) is 0. The molecule has 2 aromatic carbocycles. The Labute approximate surface area is 161 Å². The molecule has 0 aliphatic carbocycles. The van der Waals surface area contributed by atoms with E-state index in [1.54, 1.807) is 9.80 Å². The summed E-state index contributed by atoms with van der Waals surface area (Å²) >= 11 is 1.34. The average molecular weight is 380 g/mol. The zero-order valence-electron chi connectivity index (χ0n) is 15.0. The van der Waals surface area contributed by atoms with Gasteiger partial charge in [-0.15, -0.1) is 0 Å². The van der Waals surface area contributed by atoms with Crippen LogP contribution in [-0.2, 0) is 0 Å². The number of benzene rings is 2.